The molecule has 0 atom stereocenters. The molecule has 3 aromatic carbocycles. The first-order valence-corrected chi connectivity index (χ1v) is 10.1. The topological polar surface area (TPSA) is 38.8 Å². The second-order valence-corrected chi connectivity index (χ2v) is 7.38. The quantitative estimate of drug-likeness (QED) is 0.540. The minimum Gasteiger partial charge on any atom is -0.489 e. The Morgan fingerprint density at radius 2 is 1.57 bits per heavy atom. The van der Waals surface area contributed by atoms with Gasteiger partial charge in [0.25, 0.3) is 0 Å². The van der Waals surface area contributed by atoms with Gasteiger partial charge in [-0.1, -0.05) is 72.8 Å². The molecule has 4 rings (SSSR count). The van der Waals surface area contributed by atoms with E-state index in [9.17, 15) is 4.79 Å². The molecule has 0 bridgehead atoms. The molecule has 0 amide bonds. The summed E-state index contributed by atoms with van der Waals surface area (Å²) in [5.74, 6) is 0.519. The first-order chi connectivity index (χ1) is 14.7. The first kappa shape index (κ1) is 19.9. The van der Waals surface area contributed by atoms with Gasteiger partial charge in [-0.05, 0) is 34.4 Å². The van der Waals surface area contributed by atoms with Crippen LogP contribution in [0.15, 0.2) is 90.5 Å². The van der Waals surface area contributed by atoms with Crippen LogP contribution in [0.25, 0.3) is 5.57 Å². The summed E-state index contributed by atoms with van der Waals surface area (Å²) in [6.45, 7) is 2.57. The van der Waals surface area contributed by atoms with E-state index in [0.717, 1.165) is 29.0 Å². The molecule has 0 radical (unpaired) electrons. The zero-order chi connectivity index (χ0) is 20.8. The highest BCUT2D eigenvalue weighted by Gasteiger charge is 2.28. The maximum absolute atomic E-state index is 12.5. The van der Waals surface area contributed by atoms with Gasteiger partial charge >= 0.3 is 5.97 Å². The minimum atomic E-state index is -0.267. The molecular formula is C26H25NO3. The van der Waals surface area contributed by atoms with Crippen LogP contribution in [0.2, 0.25) is 0 Å². The van der Waals surface area contributed by atoms with Crippen LogP contribution in [0.4, 0.5) is 0 Å². The average Bonchev–Trinajstić information content (AvgIpc) is 3.22. The number of methoxy groups -OCH3 is 1. The number of carbonyl (C=O) groups excluding carboxylic acids is 1. The number of benzene rings is 3. The Morgan fingerprint density at radius 3 is 2.27 bits per heavy atom. The zero-order valence-electron chi connectivity index (χ0n) is 17.1. The highest BCUT2D eigenvalue weighted by atomic mass is 16.5. The van der Waals surface area contributed by atoms with Crippen molar-refractivity contribution >= 4 is 11.5 Å². The Balaban J connectivity index is 1.53. The smallest absolute Gasteiger partial charge is 0.335 e. The van der Waals surface area contributed by atoms with E-state index in [2.05, 4.69) is 17.0 Å². The Kier molecular flexibility index (Phi) is 6.26. The largest absolute Gasteiger partial charge is 0.489 e. The fraction of sp³-hybridized carbons (Fsp3) is 0.192. The maximum Gasteiger partial charge on any atom is 0.335 e. The number of hydrogen-bond donors (Lipinski definition) is 0. The molecule has 0 aliphatic carbocycles. The monoisotopic (exact) mass is 399 g/mol. The molecule has 1 aliphatic rings. The Morgan fingerprint density at radius 1 is 0.867 bits per heavy atom. The Hall–Kier alpha value is -3.37. The number of hydrogen-bond acceptors (Lipinski definition) is 4. The molecule has 0 saturated heterocycles. The molecule has 4 heteroatoms. The van der Waals surface area contributed by atoms with E-state index in [1.165, 1.54) is 12.7 Å². The van der Waals surface area contributed by atoms with Gasteiger partial charge in [-0.2, -0.15) is 0 Å². The summed E-state index contributed by atoms with van der Waals surface area (Å²) in [6, 6.07) is 28.3. The van der Waals surface area contributed by atoms with Gasteiger partial charge in [0.15, 0.2) is 0 Å². The molecule has 0 saturated carbocycles. The molecule has 4 nitrogen and oxygen atoms in total. The fourth-order valence-corrected chi connectivity index (χ4v) is 3.74. The minimum absolute atomic E-state index is 0.267. The van der Waals surface area contributed by atoms with Crippen LogP contribution in [-0.2, 0) is 22.7 Å². The number of esters is 1. The SMILES string of the molecule is COC(=O)C1=C(c2cccc(OCc3ccccc3)c2)CN(Cc2ccccc2)C1. The molecule has 0 N–H and O–H groups in total. The van der Waals surface area contributed by atoms with Crippen LogP contribution >= 0.6 is 0 Å². The molecule has 1 heterocycles. The normalized spacial score (nSPS) is 14.0. The molecule has 3 aromatic rings. The summed E-state index contributed by atoms with van der Waals surface area (Å²) in [4.78, 5) is 14.7. The number of ether oxygens (including phenoxy) is 2. The van der Waals surface area contributed by atoms with E-state index in [-0.39, 0.29) is 5.97 Å². The highest BCUT2D eigenvalue weighted by molar-refractivity contribution is 5.99. The summed E-state index contributed by atoms with van der Waals surface area (Å²) >= 11 is 0. The van der Waals surface area contributed by atoms with Crippen LogP contribution in [0.5, 0.6) is 5.75 Å². The Bertz CT molecular complexity index is 1030. The fourth-order valence-electron chi connectivity index (χ4n) is 3.74. The van der Waals surface area contributed by atoms with Crippen molar-refractivity contribution in [1.82, 2.24) is 4.90 Å². The van der Waals surface area contributed by atoms with Crippen LogP contribution in [-0.4, -0.2) is 31.1 Å². The van der Waals surface area contributed by atoms with Gasteiger partial charge in [0.1, 0.15) is 12.4 Å². The molecular weight excluding hydrogens is 374 g/mol. The number of nitrogens with zero attached hydrogens (tertiary/aromatic N) is 1. The lowest BCUT2D eigenvalue weighted by Gasteiger charge is -2.16. The summed E-state index contributed by atoms with van der Waals surface area (Å²) in [7, 11) is 1.44. The van der Waals surface area contributed by atoms with Crippen molar-refractivity contribution in [3.63, 3.8) is 0 Å². The summed E-state index contributed by atoms with van der Waals surface area (Å²) in [5.41, 5.74) is 5.06. The molecule has 1 aliphatic heterocycles. The van der Waals surface area contributed by atoms with Crippen LogP contribution < -0.4 is 4.74 Å². The number of carbonyl (C=O) groups is 1. The van der Waals surface area contributed by atoms with Crippen LogP contribution in [0.3, 0.4) is 0 Å². The zero-order valence-corrected chi connectivity index (χ0v) is 17.1. The highest BCUT2D eigenvalue weighted by Crippen LogP contribution is 2.30. The predicted molar refractivity (Wildman–Crippen MR) is 118 cm³/mol. The van der Waals surface area contributed by atoms with Crippen molar-refractivity contribution in [2.24, 2.45) is 0 Å². The van der Waals surface area contributed by atoms with Gasteiger partial charge in [-0.3, -0.25) is 4.90 Å². The van der Waals surface area contributed by atoms with Gasteiger partial charge in [0.05, 0.1) is 12.7 Å². The van der Waals surface area contributed by atoms with Crippen molar-refractivity contribution in [3.8, 4) is 5.75 Å². The Labute approximate surface area is 177 Å². The summed E-state index contributed by atoms with van der Waals surface area (Å²) in [5, 5.41) is 0. The predicted octanol–water partition coefficient (Wildman–Crippen LogP) is 4.71. The lowest BCUT2D eigenvalue weighted by atomic mass is 10.0. The molecule has 0 spiro atoms. The van der Waals surface area contributed by atoms with Crippen LogP contribution in [0.1, 0.15) is 16.7 Å². The van der Waals surface area contributed by atoms with Crippen LogP contribution in [0, 0.1) is 0 Å². The van der Waals surface area contributed by atoms with Crippen molar-refractivity contribution in [1.29, 1.82) is 0 Å². The molecule has 0 unspecified atom stereocenters. The molecule has 30 heavy (non-hydrogen) atoms. The van der Waals surface area contributed by atoms with Gasteiger partial charge in [0.2, 0.25) is 0 Å². The van der Waals surface area contributed by atoms with Gasteiger partial charge in [0, 0.05) is 19.6 Å². The average molecular weight is 399 g/mol. The third-order valence-electron chi connectivity index (χ3n) is 5.24. The van der Waals surface area contributed by atoms with E-state index in [4.69, 9.17) is 9.47 Å². The van der Waals surface area contributed by atoms with E-state index in [1.807, 2.05) is 72.8 Å². The van der Waals surface area contributed by atoms with E-state index >= 15 is 0 Å². The number of rotatable bonds is 7. The molecule has 152 valence electrons. The second-order valence-electron chi connectivity index (χ2n) is 7.38. The van der Waals surface area contributed by atoms with Crippen molar-refractivity contribution in [2.45, 2.75) is 13.2 Å². The third-order valence-corrected chi connectivity index (χ3v) is 5.24. The van der Waals surface area contributed by atoms with Crippen molar-refractivity contribution in [3.05, 3.63) is 107 Å². The summed E-state index contributed by atoms with van der Waals surface area (Å²) < 4.78 is 11.0. The lowest BCUT2D eigenvalue weighted by molar-refractivity contribution is -0.136. The molecule has 0 aromatic heterocycles. The van der Waals surface area contributed by atoms with Gasteiger partial charge in [-0.25, -0.2) is 4.79 Å². The van der Waals surface area contributed by atoms with Crippen molar-refractivity contribution < 1.29 is 14.3 Å². The van der Waals surface area contributed by atoms with E-state index in [1.54, 1.807) is 0 Å². The van der Waals surface area contributed by atoms with E-state index < -0.39 is 0 Å². The summed E-state index contributed by atoms with van der Waals surface area (Å²) in [6.07, 6.45) is 0. The second kappa shape index (κ2) is 9.42. The maximum atomic E-state index is 12.5. The van der Waals surface area contributed by atoms with E-state index in [0.29, 0.717) is 25.3 Å². The first-order valence-electron chi connectivity index (χ1n) is 10.1. The van der Waals surface area contributed by atoms with Gasteiger partial charge < -0.3 is 9.47 Å². The van der Waals surface area contributed by atoms with Crippen molar-refractivity contribution in [2.75, 3.05) is 20.2 Å². The third kappa shape index (κ3) is 4.78. The standard InChI is InChI=1S/C26H25NO3/c1-29-26(28)25-18-27(16-20-9-4-2-5-10-20)17-24(25)22-13-8-14-23(15-22)30-19-21-11-6-3-7-12-21/h2-15H,16-19H2,1H3. The molecule has 0 fully saturated rings. The van der Waals surface area contributed by atoms with Gasteiger partial charge in [-0.15, -0.1) is 0 Å². The lowest BCUT2D eigenvalue weighted by Crippen LogP contribution is -2.22.